The Kier molecular flexibility index (Phi) is 8.70. The maximum atomic E-state index is 13.8. The number of carbonyl (C=O) groups is 1. The van der Waals surface area contributed by atoms with Gasteiger partial charge in [0.2, 0.25) is 5.91 Å². The van der Waals surface area contributed by atoms with Gasteiger partial charge in [-0.2, -0.15) is 13.2 Å². The number of alkyl halides is 5. The van der Waals surface area contributed by atoms with Crippen molar-refractivity contribution in [3.8, 4) is 0 Å². The molecule has 0 spiro atoms. The fourth-order valence-corrected chi connectivity index (χ4v) is 3.52. The van der Waals surface area contributed by atoms with E-state index >= 15 is 0 Å². The van der Waals surface area contributed by atoms with E-state index in [1.807, 2.05) is 0 Å². The van der Waals surface area contributed by atoms with Crippen LogP contribution in [0.25, 0.3) is 0 Å². The van der Waals surface area contributed by atoms with Crippen LogP contribution in [-0.2, 0) is 17.1 Å². The fraction of sp³-hybridized carbons (Fsp3) is 0.185. The maximum absolute atomic E-state index is 13.8. The minimum absolute atomic E-state index is 0.0317. The lowest BCUT2D eigenvalue weighted by Gasteiger charge is -2.14. The van der Waals surface area contributed by atoms with Gasteiger partial charge in [0, 0.05) is 28.3 Å². The Morgan fingerprint density at radius 1 is 0.973 bits per heavy atom. The molecule has 0 aliphatic rings. The molecule has 0 aromatic heterocycles. The third-order valence-electron chi connectivity index (χ3n) is 5.35. The Morgan fingerprint density at radius 2 is 1.59 bits per heavy atom. The molecule has 0 atom stereocenters. The second-order valence-corrected chi connectivity index (χ2v) is 8.51. The summed E-state index contributed by atoms with van der Waals surface area (Å²) in [5.74, 6) is -3.30. The van der Waals surface area contributed by atoms with Crippen LogP contribution in [0, 0.1) is 0 Å². The van der Waals surface area contributed by atoms with Crippen LogP contribution in [0.5, 0.6) is 0 Å². The van der Waals surface area contributed by atoms with Crippen LogP contribution in [0.3, 0.4) is 0 Å². The van der Waals surface area contributed by atoms with Crippen LogP contribution >= 0.6 is 11.6 Å². The number of benzene rings is 3. The first-order chi connectivity index (χ1) is 17.4. The fourth-order valence-electron chi connectivity index (χ4n) is 3.29. The molecule has 0 bridgehead atoms. The van der Waals surface area contributed by atoms with Crippen molar-refractivity contribution in [2.75, 3.05) is 5.32 Å². The molecule has 3 rings (SSSR count). The number of carbonyl (C=O) groups excluding carboxylic acids is 1. The van der Waals surface area contributed by atoms with Crippen LogP contribution < -0.4 is 11.1 Å². The lowest BCUT2D eigenvalue weighted by Crippen LogP contribution is -2.21. The maximum Gasteiger partial charge on any atom is 0.430 e. The Morgan fingerprint density at radius 3 is 2.16 bits per heavy atom. The van der Waals surface area contributed by atoms with Crippen molar-refractivity contribution in [1.29, 1.82) is 0 Å². The number of aliphatic imine (C=N–C) groups is 1. The average molecular weight is 536 g/mol. The number of nitrogens with one attached hydrogen (secondary N) is 1. The summed E-state index contributed by atoms with van der Waals surface area (Å²) in [4.78, 5) is 16.7. The van der Waals surface area contributed by atoms with Crippen molar-refractivity contribution in [2.24, 2.45) is 10.7 Å². The molecule has 0 aliphatic carbocycles. The molecular formula is C27H23ClF5N3O. The molecule has 37 heavy (non-hydrogen) atoms. The van der Waals surface area contributed by atoms with Gasteiger partial charge < -0.3 is 11.1 Å². The highest BCUT2D eigenvalue weighted by Crippen LogP contribution is 2.31. The third-order valence-corrected chi connectivity index (χ3v) is 5.68. The summed E-state index contributed by atoms with van der Waals surface area (Å²) in [5.41, 5.74) is 5.21. The van der Waals surface area contributed by atoms with Crippen LogP contribution in [-0.4, -0.2) is 17.8 Å². The van der Waals surface area contributed by atoms with Crippen LogP contribution in [0.4, 0.5) is 33.3 Å². The van der Waals surface area contributed by atoms with E-state index in [0.29, 0.717) is 23.0 Å². The van der Waals surface area contributed by atoms with E-state index in [9.17, 15) is 26.7 Å². The predicted molar refractivity (Wildman–Crippen MR) is 135 cm³/mol. The van der Waals surface area contributed by atoms with Crippen molar-refractivity contribution in [3.63, 3.8) is 0 Å². The van der Waals surface area contributed by atoms with Gasteiger partial charge in [0.25, 0.3) is 5.92 Å². The van der Waals surface area contributed by atoms with Gasteiger partial charge in [-0.25, -0.2) is 13.8 Å². The zero-order chi connectivity index (χ0) is 27.2. The van der Waals surface area contributed by atoms with Crippen molar-refractivity contribution in [3.05, 3.63) is 106 Å². The average Bonchev–Trinajstić information content (AvgIpc) is 2.85. The van der Waals surface area contributed by atoms with E-state index in [1.54, 1.807) is 12.1 Å². The van der Waals surface area contributed by atoms with Gasteiger partial charge in [0.15, 0.2) is 0 Å². The molecule has 4 nitrogen and oxygen atoms in total. The Hall–Kier alpha value is -3.72. The highest BCUT2D eigenvalue weighted by atomic mass is 35.5. The summed E-state index contributed by atoms with van der Waals surface area (Å²) < 4.78 is 66.6. The molecule has 0 saturated heterocycles. The van der Waals surface area contributed by atoms with Gasteiger partial charge in [-0.05, 0) is 42.0 Å². The monoisotopic (exact) mass is 535 g/mol. The number of amides is 1. The number of nitrogens with two attached hydrogens (primary N) is 1. The predicted octanol–water partition coefficient (Wildman–Crippen LogP) is 7.55. The molecule has 0 radical (unpaired) electrons. The summed E-state index contributed by atoms with van der Waals surface area (Å²) in [6, 6.07) is 17.9. The van der Waals surface area contributed by atoms with Crippen molar-refractivity contribution < 1.29 is 26.7 Å². The molecule has 0 aliphatic heterocycles. The van der Waals surface area contributed by atoms with Crippen molar-refractivity contribution in [2.45, 2.75) is 31.9 Å². The Balaban J connectivity index is 1.76. The van der Waals surface area contributed by atoms with E-state index in [-0.39, 0.29) is 40.6 Å². The Labute approximate surface area is 215 Å². The molecule has 0 heterocycles. The van der Waals surface area contributed by atoms with Gasteiger partial charge >= 0.3 is 6.18 Å². The molecular weight excluding hydrogens is 513 g/mol. The van der Waals surface area contributed by atoms with Crippen LogP contribution in [0.2, 0.25) is 5.02 Å². The second-order valence-electron chi connectivity index (χ2n) is 8.10. The first-order valence-electron chi connectivity index (χ1n) is 11.1. The number of allylic oxidation sites excluding steroid dienone is 2. The number of nitrogens with zero attached hydrogens (tertiary/aromatic N) is 1. The molecule has 10 heteroatoms. The zero-order valence-electron chi connectivity index (χ0n) is 19.6. The summed E-state index contributed by atoms with van der Waals surface area (Å²) in [5, 5.41) is 2.88. The number of rotatable bonds is 8. The highest BCUT2D eigenvalue weighted by Gasteiger charge is 2.32. The summed E-state index contributed by atoms with van der Waals surface area (Å²) in [6.07, 6.45) is -4.39. The molecule has 0 fully saturated rings. The van der Waals surface area contributed by atoms with Crippen LogP contribution in [0.1, 0.15) is 30.0 Å². The number of hydrogen-bond acceptors (Lipinski definition) is 3. The summed E-state index contributed by atoms with van der Waals surface area (Å²) >= 11 is 6.15. The lowest BCUT2D eigenvalue weighted by atomic mass is 10.0. The van der Waals surface area contributed by atoms with Gasteiger partial charge in [-0.15, -0.1) is 0 Å². The lowest BCUT2D eigenvalue weighted by molar-refractivity contribution is -0.115. The molecule has 3 aromatic carbocycles. The minimum atomic E-state index is -4.74. The van der Waals surface area contributed by atoms with Crippen LogP contribution in [0.15, 0.2) is 89.6 Å². The first-order valence-corrected chi connectivity index (χ1v) is 11.5. The highest BCUT2D eigenvalue weighted by molar-refractivity contribution is 6.35. The SMILES string of the molecule is CCC(F)(F)c1ccc(CC(=O)Nc2ccc(N=C(C=C(N)C(F)(F)F)c3ccccc3Cl)cc2)cc1. The summed E-state index contributed by atoms with van der Waals surface area (Å²) in [7, 11) is 0. The molecule has 1 amide bonds. The number of anilines is 1. The van der Waals surface area contributed by atoms with E-state index in [2.05, 4.69) is 10.3 Å². The van der Waals surface area contributed by atoms with Crippen molar-refractivity contribution >= 4 is 34.6 Å². The van der Waals surface area contributed by atoms with Gasteiger partial charge in [0.05, 0.1) is 17.8 Å². The van der Waals surface area contributed by atoms with Gasteiger partial charge in [0.1, 0.15) is 5.70 Å². The largest absolute Gasteiger partial charge is 0.430 e. The zero-order valence-corrected chi connectivity index (χ0v) is 20.4. The molecule has 194 valence electrons. The van der Waals surface area contributed by atoms with E-state index in [4.69, 9.17) is 17.3 Å². The van der Waals surface area contributed by atoms with Gasteiger partial charge in [-0.1, -0.05) is 61.0 Å². The normalized spacial score (nSPS) is 12.9. The molecule has 0 unspecified atom stereocenters. The summed E-state index contributed by atoms with van der Waals surface area (Å²) in [6.45, 7) is 1.39. The molecule has 3 N–H and O–H groups in total. The number of halogens is 6. The minimum Gasteiger partial charge on any atom is -0.395 e. The second kappa shape index (κ2) is 11.6. The molecule has 0 saturated carbocycles. The quantitative estimate of drug-likeness (QED) is 0.231. The number of hydrogen-bond donors (Lipinski definition) is 2. The first kappa shape index (κ1) is 27.9. The van der Waals surface area contributed by atoms with Gasteiger partial charge in [-0.3, -0.25) is 4.79 Å². The molecule has 3 aromatic rings. The Bertz CT molecular complexity index is 1300. The van der Waals surface area contributed by atoms with E-state index < -0.39 is 17.8 Å². The van der Waals surface area contributed by atoms with E-state index in [0.717, 1.165) is 0 Å². The van der Waals surface area contributed by atoms with E-state index in [1.165, 1.54) is 67.6 Å². The third kappa shape index (κ3) is 7.63. The van der Waals surface area contributed by atoms with Crippen molar-refractivity contribution in [1.82, 2.24) is 0 Å². The standard InChI is InChI=1S/C27H23ClF5N3O/c1-2-26(29,30)18-9-7-17(8-10-18)15-25(37)36-20-13-11-19(12-14-20)35-23(16-24(34)27(31,32)33)21-5-3-4-6-22(21)28/h3-14,16H,2,15,34H2,1H3,(H,36,37). The topological polar surface area (TPSA) is 67.5 Å². The smallest absolute Gasteiger partial charge is 0.395 e.